The lowest BCUT2D eigenvalue weighted by Gasteiger charge is -2.18. The standard InChI is InChI=1S/C19H10F6N2O2/c20-18(21,22)16(28)12-9-13(17(29)19(23,24)25)15(14-11(12)7-4-8-26-14)27-10-5-2-1-3-6-10/h1-9,27H. The van der Waals surface area contributed by atoms with Crippen molar-refractivity contribution in [3.8, 4) is 0 Å². The SMILES string of the molecule is O=C(c1cc(C(=O)C(F)(F)F)c2cccnc2c1Nc1ccccc1)C(F)(F)F. The highest BCUT2D eigenvalue weighted by atomic mass is 19.4. The molecule has 4 nitrogen and oxygen atoms in total. The highest BCUT2D eigenvalue weighted by molar-refractivity contribution is 6.18. The van der Waals surface area contributed by atoms with Gasteiger partial charge in [-0.25, -0.2) is 0 Å². The predicted octanol–water partition coefficient (Wildman–Crippen LogP) is 5.47. The molecule has 0 atom stereocenters. The van der Waals surface area contributed by atoms with Gasteiger partial charge in [0.15, 0.2) is 0 Å². The number of nitrogens with one attached hydrogen (secondary N) is 1. The molecule has 0 saturated heterocycles. The summed E-state index contributed by atoms with van der Waals surface area (Å²) in [7, 11) is 0. The number of para-hydroxylation sites is 1. The second kappa shape index (κ2) is 7.19. The smallest absolute Gasteiger partial charge is 0.353 e. The first-order valence-electron chi connectivity index (χ1n) is 7.97. The van der Waals surface area contributed by atoms with Crippen molar-refractivity contribution < 1.29 is 35.9 Å². The van der Waals surface area contributed by atoms with Crippen molar-refractivity contribution in [1.29, 1.82) is 0 Å². The van der Waals surface area contributed by atoms with Crippen LogP contribution in [0.15, 0.2) is 54.7 Å². The molecule has 0 radical (unpaired) electrons. The second-order valence-corrected chi connectivity index (χ2v) is 5.89. The molecular weight excluding hydrogens is 402 g/mol. The van der Waals surface area contributed by atoms with Crippen LogP contribution in [0.25, 0.3) is 10.9 Å². The van der Waals surface area contributed by atoms with E-state index in [0.717, 1.165) is 12.3 Å². The van der Waals surface area contributed by atoms with Gasteiger partial charge in [-0.2, -0.15) is 26.3 Å². The number of aromatic nitrogens is 1. The van der Waals surface area contributed by atoms with Gasteiger partial charge in [0, 0.05) is 22.8 Å². The van der Waals surface area contributed by atoms with Crippen molar-refractivity contribution in [2.24, 2.45) is 0 Å². The minimum absolute atomic E-state index is 0.269. The summed E-state index contributed by atoms with van der Waals surface area (Å²) in [4.78, 5) is 27.6. The molecule has 2 aromatic carbocycles. The third-order valence-electron chi connectivity index (χ3n) is 3.94. The van der Waals surface area contributed by atoms with Gasteiger partial charge in [-0.05, 0) is 24.3 Å². The maximum Gasteiger partial charge on any atom is 0.454 e. The maximum absolute atomic E-state index is 13.1. The van der Waals surface area contributed by atoms with Crippen LogP contribution in [-0.2, 0) is 0 Å². The Morgan fingerprint density at radius 2 is 1.38 bits per heavy atom. The minimum atomic E-state index is -5.38. The number of carbonyl (C=O) groups excluding carboxylic acids is 2. The van der Waals surface area contributed by atoms with Crippen molar-refractivity contribution in [3.05, 3.63) is 65.9 Å². The predicted molar refractivity (Wildman–Crippen MR) is 92.2 cm³/mol. The van der Waals surface area contributed by atoms with Gasteiger partial charge in [-0.15, -0.1) is 0 Å². The van der Waals surface area contributed by atoms with Crippen LogP contribution in [0, 0.1) is 0 Å². The van der Waals surface area contributed by atoms with E-state index in [0.29, 0.717) is 6.07 Å². The summed E-state index contributed by atoms with van der Waals surface area (Å²) in [5.74, 6) is -4.78. The molecule has 150 valence electrons. The van der Waals surface area contributed by atoms with E-state index in [1.54, 1.807) is 18.2 Å². The van der Waals surface area contributed by atoms with Gasteiger partial charge in [0.1, 0.15) is 0 Å². The number of benzene rings is 2. The molecule has 1 N–H and O–H groups in total. The molecule has 29 heavy (non-hydrogen) atoms. The first-order chi connectivity index (χ1) is 13.5. The zero-order valence-corrected chi connectivity index (χ0v) is 14.2. The summed E-state index contributed by atoms with van der Waals surface area (Å²) < 4.78 is 78.3. The molecule has 0 aliphatic heterocycles. The van der Waals surface area contributed by atoms with Crippen LogP contribution in [0.4, 0.5) is 37.7 Å². The molecule has 0 saturated carbocycles. The molecule has 0 aliphatic rings. The van der Waals surface area contributed by atoms with E-state index in [9.17, 15) is 35.9 Å². The van der Waals surface area contributed by atoms with Crippen molar-refractivity contribution in [2.75, 3.05) is 5.32 Å². The molecular formula is C19H10F6N2O2. The van der Waals surface area contributed by atoms with Crippen molar-refractivity contribution in [3.63, 3.8) is 0 Å². The molecule has 0 fully saturated rings. The Morgan fingerprint density at radius 1 is 0.793 bits per heavy atom. The summed E-state index contributed by atoms with van der Waals surface area (Å²) in [5, 5.41) is 2.26. The number of ketones is 2. The average molecular weight is 412 g/mol. The number of pyridine rings is 1. The summed E-state index contributed by atoms with van der Waals surface area (Å²) in [6.45, 7) is 0. The summed E-state index contributed by atoms with van der Waals surface area (Å²) in [6, 6.07) is 10.4. The van der Waals surface area contributed by atoms with Gasteiger partial charge in [-0.3, -0.25) is 14.6 Å². The van der Waals surface area contributed by atoms with Crippen molar-refractivity contribution in [2.45, 2.75) is 12.4 Å². The van der Waals surface area contributed by atoms with Crippen LogP contribution >= 0.6 is 0 Å². The Morgan fingerprint density at radius 3 is 1.97 bits per heavy atom. The number of nitrogens with zero attached hydrogens (tertiary/aromatic N) is 1. The molecule has 0 amide bonds. The minimum Gasteiger partial charge on any atom is -0.353 e. The van der Waals surface area contributed by atoms with E-state index in [1.807, 2.05) is 0 Å². The lowest BCUT2D eigenvalue weighted by atomic mass is 9.96. The molecule has 1 aromatic heterocycles. The van der Waals surface area contributed by atoms with Gasteiger partial charge >= 0.3 is 12.4 Å². The molecule has 10 heteroatoms. The quantitative estimate of drug-likeness (QED) is 0.456. The molecule has 0 bridgehead atoms. The van der Waals surface area contributed by atoms with Crippen molar-refractivity contribution in [1.82, 2.24) is 4.98 Å². The zero-order valence-electron chi connectivity index (χ0n) is 14.2. The van der Waals surface area contributed by atoms with E-state index in [-0.39, 0.29) is 16.6 Å². The van der Waals surface area contributed by atoms with Gasteiger partial charge in [0.25, 0.3) is 11.6 Å². The number of alkyl halides is 6. The number of Topliss-reactive ketones (excluding diaryl/α,β-unsaturated/α-hetero) is 2. The topological polar surface area (TPSA) is 59.1 Å². The van der Waals surface area contributed by atoms with E-state index in [1.165, 1.54) is 18.2 Å². The number of hydrogen-bond donors (Lipinski definition) is 1. The Labute approximate surface area is 159 Å². The van der Waals surface area contributed by atoms with Gasteiger partial charge in [0.2, 0.25) is 0 Å². The van der Waals surface area contributed by atoms with Gasteiger partial charge < -0.3 is 5.32 Å². The Kier molecular flexibility index (Phi) is 5.04. The van der Waals surface area contributed by atoms with Crippen LogP contribution in [-0.4, -0.2) is 28.9 Å². The van der Waals surface area contributed by atoms with Crippen LogP contribution in [0.1, 0.15) is 20.7 Å². The fourth-order valence-electron chi connectivity index (χ4n) is 2.71. The molecule has 3 aromatic rings. The van der Waals surface area contributed by atoms with Gasteiger partial charge in [-0.1, -0.05) is 24.3 Å². The number of rotatable bonds is 4. The largest absolute Gasteiger partial charge is 0.454 e. The van der Waals surface area contributed by atoms with E-state index in [2.05, 4.69) is 10.3 Å². The molecule has 1 heterocycles. The lowest BCUT2D eigenvalue weighted by molar-refractivity contribution is -0.0886. The van der Waals surface area contributed by atoms with Gasteiger partial charge in [0.05, 0.1) is 16.8 Å². The van der Waals surface area contributed by atoms with Crippen LogP contribution in [0.5, 0.6) is 0 Å². The monoisotopic (exact) mass is 412 g/mol. The molecule has 0 unspecified atom stereocenters. The number of fused-ring (bicyclic) bond motifs is 1. The van der Waals surface area contributed by atoms with Crippen LogP contribution in [0.2, 0.25) is 0 Å². The average Bonchev–Trinajstić information content (AvgIpc) is 2.66. The van der Waals surface area contributed by atoms with Crippen LogP contribution in [0.3, 0.4) is 0 Å². The molecule has 0 aliphatic carbocycles. The Hall–Kier alpha value is -3.43. The number of hydrogen-bond acceptors (Lipinski definition) is 4. The van der Waals surface area contributed by atoms with Crippen LogP contribution < -0.4 is 5.32 Å². The van der Waals surface area contributed by atoms with Crippen molar-refractivity contribution >= 4 is 33.8 Å². The fraction of sp³-hybridized carbons (Fsp3) is 0.105. The van der Waals surface area contributed by atoms with E-state index in [4.69, 9.17) is 0 Å². The fourth-order valence-corrected chi connectivity index (χ4v) is 2.71. The third-order valence-corrected chi connectivity index (χ3v) is 3.94. The normalized spacial score (nSPS) is 12.1. The lowest BCUT2D eigenvalue weighted by Crippen LogP contribution is -2.26. The van der Waals surface area contributed by atoms with E-state index < -0.39 is 40.7 Å². The summed E-state index contributed by atoms with van der Waals surface area (Å²) in [6.07, 6.45) is -9.61. The zero-order chi connectivity index (χ0) is 21.4. The number of anilines is 2. The molecule has 3 rings (SSSR count). The summed E-state index contributed by atoms with van der Waals surface area (Å²) in [5.41, 5.74) is -2.79. The first-order valence-corrected chi connectivity index (χ1v) is 7.97. The number of halogens is 6. The van der Waals surface area contributed by atoms with E-state index >= 15 is 0 Å². The highest BCUT2D eigenvalue weighted by Gasteiger charge is 2.44. The first kappa shape index (κ1) is 20.3. The third kappa shape index (κ3) is 4.05. The Balaban J connectivity index is 2.35. The molecule has 0 spiro atoms. The number of carbonyl (C=O) groups is 2. The Bertz CT molecular complexity index is 1090. The highest BCUT2D eigenvalue weighted by Crippen LogP contribution is 2.37. The summed E-state index contributed by atoms with van der Waals surface area (Å²) >= 11 is 0. The second-order valence-electron chi connectivity index (χ2n) is 5.89. The maximum atomic E-state index is 13.1.